The SMILES string of the molecule is C[C@@H](Oc1ccc2c(n1)CCN(CCC1CCC(NC(=O)c3cccc(=O)n3C)CC1)CC2)C(F)(F)F. The summed E-state index contributed by atoms with van der Waals surface area (Å²) in [5, 5.41) is 3.08. The first-order valence-electron chi connectivity index (χ1n) is 13.0. The summed E-state index contributed by atoms with van der Waals surface area (Å²) in [4.78, 5) is 31.2. The summed E-state index contributed by atoms with van der Waals surface area (Å²) in [5.41, 5.74) is 2.07. The fourth-order valence-corrected chi connectivity index (χ4v) is 5.16. The molecule has 0 aromatic carbocycles. The van der Waals surface area contributed by atoms with Crippen LogP contribution in [0.5, 0.6) is 5.88 Å². The number of hydrogen-bond donors (Lipinski definition) is 1. The Balaban J connectivity index is 1.21. The van der Waals surface area contributed by atoms with Gasteiger partial charge in [-0.3, -0.25) is 9.59 Å². The highest BCUT2D eigenvalue weighted by Crippen LogP contribution is 2.28. The van der Waals surface area contributed by atoms with E-state index in [4.69, 9.17) is 4.74 Å². The van der Waals surface area contributed by atoms with Gasteiger partial charge in [-0.05, 0) is 69.5 Å². The van der Waals surface area contributed by atoms with Crippen molar-refractivity contribution >= 4 is 5.91 Å². The van der Waals surface area contributed by atoms with Gasteiger partial charge < -0.3 is 19.5 Å². The quantitative estimate of drug-likeness (QED) is 0.600. The van der Waals surface area contributed by atoms with Crippen molar-refractivity contribution < 1.29 is 22.7 Å². The van der Waals surface area contributed by atoms with Crippen molar-refractivity contribution in [1.29, 1.82) is 0 Å². The second-order valence-corrected chi connectivity index (χ2v) is 10.2. The van der Waals surface area contributed by atoms with E-state index in [1.54, 1.807) is 19.2 Å². The fourth-order valence-electron chi connectivity index (χ4n) is 5.16. The maximum Gasteiger partial charge on any atom is 0.425 e. The predicted octanol–water partition coefficient (Wildman–Crippen LogP) is 3.89. The zero-order valence-electron chi connectivity index (χ0n) is 21.4. The largest absolute Gasteiger partial charge is 0.465 e. The predicted molar refractivity (Wildman–Crippen MR) is 134 cm³/mol. The average Bonchev–Trinajstić information content (AvgIpc) is 3.06. The minimum atomic E-state index is -4.42. The molecule has 202 valence electrons. The summed E-state index contributed by atoms with van der Waals surface area (Å²) in [6, 6.07) is 8.19. The van der Waals surface area contributed by atoms with Crippen LogP contribution in [0.15, 0.2) is 35.1 Å². The number of fused-ring (bicyclic) bond motifs is 1. The van der Waals surface area contributed by atoms with E-state index in [9.17, 15) is 22.8 Å². The van der Waals surface area contributed by atoms with Gasteiger partial charge in [0, 0.05) is 50.4 Å². The number of aromatic nitrogens is 2. The Morgan fingerprint density at radius 1 is 1.14 bits per heavy atom. The van der Waals surface area contributed by atoms with Crippen LogP contribution in [0.25, 0.3) is 0 Å². The number of nitrogens with zero attached hydrogens (tertiary/aromatic N) is 3. The number of hydrogen-bond acceptors (Lipinski definition) is 5. The number of carbonyl (C=O) groups is 1. The van der Waals surface area contributed by atoms with Crippen LogP contribution in [0.1, 0.15) is 60.8 Å². The van der Waals surface area contributed by atoms with Gasteiger partial charge in [0.1, 0.15) is 5.69 Å². The second kappa shape index (κ2) is 11.7. The van der Waals surface area contributed by atoms with Gasteiger partial charge in [-0.1, -0.05) is 12.1 Å². The number of alkyl halides is 3. The normalized spacial score (nSPS) is 21.5. The number of carbonyl (C=O) groups excluding carboxylic acids is 1. The van der Waals surface area contributed by atoms with Crippen molar-refractivity contribution in [2.45, 2.75) is 70.2 Å². The molecule has 1 amide bonds. The summed E-state index contributed by atoms with van der Waals surface area (Å²) in [7, 11) is 1.60. The molecule has 1 N–H and O–H groups in total. The van der Waals surface area contributed by atoms with Crippen molar-refractivity contribution in [2.24, 2.45) is 13.0 Å². The van der Waals surface area contributed by atoms with E-state index in [-0.39, 0.29) is 23.4 Å². The van der Waals surface area contributed by atoms with Gasteiger partial charge in [0.2, 0.25) is 5.88 Å². The number of nitrogens with one attached hydrogen (secondary N) is 1. The lowest BCUT2D eigenvalue weighted by Crippen LogP contribution is -2.40. The summed E-state index contributed by atoms with van der Waals surface area (Å²) < 4.78 is 44.8. The number of halogens is 3. The van der Waals surface area contributed by atoms with Gasteiger partial charge in [-0.2, -0.15) is 13.2 Å². The average molecular weight is 521 g/mol. The van der Waals surface area contributed by atoms with E-state index < -0.39 is 12.3 Å². The molecule has 3 heterocycles. The van der Waals surface area contributed by atoms with Crippen molar-refractivity contribution in [2.75, 3.05) is 19.6 Å². The molecule has 0 unspecified atom stereocenters. The summed E-state index contributed by atoms with van der Waals surface area (Å²) in [6.45, 7) is 3.67. The number of ether oxygens (including phenoxy) is 1. The molecule has 10 heteroatoms. The third-order valence-electron chi connectivity index (χ3n) is 7.62. The van der Waals surface area contributed by atoms with Crippen molar-refractivity contribution in [3.8, 4) is 5.88 Å². The Morgan fingerprint density at radius 3 is 2.59 bits per heavy atom. The zero-order valence-corrected chi connectivity index (χ0v) is 21.4. The van der Waals surface area contributed by atoms with Crippen LogP contribution in [-0.4, -0.2) is 58.3 Å². The maximum absolute atomic E-state index is 12.8. The van der Waals surface area contributed by atoms with Crippen LogP contribution in [-0.2, 0) is 19.9 Å². The second-order valence-electron chi connectivity index (χ2n) is 10.2. The summed E-state index contributed by atoms with van der Waals surface area (Å²) >= 11 is 0. The fraction of sp³-hybridized carbons (Fsp3) is 0.593. The van der Waals surface area contributed by atoms with Crippen LogP contribution in [0.4, 0.5) is 13.2 Å². The molecule has 0 radical (unpaired) electrons. The van der Waals surface area contributed by atoms with Crippen LogP contribution in [0, 0.1) is 5.92 Å². The molecule has 1 fully saturated rings. The van der Waals surface area contributed by atoms with Gasteiger partial charge in [-0.15, -0.1) is 0 Å². The first-order chi connectivity index (χ1) is 17.6. The minimum Gasteiger partial charge on any atom is -0.465 e. The molecular formula is C27H35F3N4O3. The van der Waals surface area contributed by atoms with Crippen molar-refractivity contribution in [3.05, 3.63) is 57.6 Å². The summed E-state index contributed by atoms with van der Waals surface area (Å²) in [5.74, 6) is 0.417. The third-order valence-corrected chi connectivity index (χ3v) is 7.62. The smallest absolute Gasteiger partial charge is 0.425 e. The zero-order chi connectivity index (χ0) is 26.6. The molecule has 1 aliphatic heterocycles. The number of amides is 1. The summed E-state index contributed by atoms with van der Waals surface area (Å²) in [6.07, 6.45) is 0.213. The lowest BCUT2D eigenvalue weighted by Gasteiger charge is -2.31. The van der Waals surface area contributed by atoms with Gasteiger partial charge in [0.15, 0.2) is 6.10 Å². The van der Waals surface area contributed by atoms with Crippen LogP contribution in [0.2, 0.25) is 0 Å². The highest BCUT2D eigenvalue weighted by Gasteiger charge is 2.38. The molecule has 2 aromatic rings. The Bertz CT molecular complexity index is 1140. The Morgan fingerprint density at radius 2 is 1.86 bits per heavy atom. The molecule has 0 saturated heterocycles. The van der Waals surface area contributed by atoms with E-state index in [2.05, 4.69) is 15.2 Å². The number of pyridine rings is 2. The highest BCUT2D eigenvalue weighted by molar-refractivity contribution is 5.92. The number of rotatable bonds is 7. The molecule has 0 bridgehead atoms. The minimum absolute atomic E-state index is 0.0235. The molecular weight excluding hydrogens is 485 g/mol. The van der Waals surface area contributed by atoms with Crippen molar-refractivity contribution in [3.63, 3.8) is 0 Å². The monoisotopic (exact) mass is 520 g/mol. The maximum atomic E-state index is 12.8. The molecule has 1 aliphatic carbocycles. The molecule has 2 aromatic heterocycles. The van der Waals surface area contributed by atoms with Gasteiger partial charge in [-0.25, -0.2) is 4.98 Å². The molecule has 37 heavy (non-hydrogen) atoms. The van der Waals surface area contributed by atoms with Crippen molar-refractivity contribution in [1.82, 2.24) is 19.8 Å². The lowest BCUT2D eigenvalue weighted by molar-refractivity contribution is -0.190. The highest BCUT2D eigenvalue weighted by atomic mass is 19.4. The molecule has 7 nitrogen and oxygen atoms in total. The van der Waals surface area contributed by atoms with E-state index in [0.29, 0.717) is 18.0 Å². The molecule has 1 atom stereocenters. The van der Waals surface area contributed by atoms with Crippen LogP contribution < -0.4 is 15.6 Å². The van der Waals surface area contributed by atoms with E-state index in [0.717, 1.165) is 76.3 Å². The first-order valence-corrected chi connectivity index (χ1v) is 13.0. The topological polar surface area (TPSA) is 76.5 Å². The van der Waals surface area contributed by atoms with Gasteiger partial charge >= 0.3 is 6.18 Å². The Kier molecular flexibility index (Phi) is 8.56. The van der Waals surface area contributed by atoms with Gasteiger partial charge in [0.25, 0.3) is 11.5 Å². The Labute approximate surface area is 215 Å². The molecule has 2 aliphatic rings. The van der Waals surface area contributed by atoms with Crippen LogP contribution >= 0.6 is 0 Å². The molecule has 1 saturated carbocycles. The van der Waals surface area contributed by atoms with Gasteiger partial charge in [0.05, 0.1) is 0 Å². The van der Waals surface area contributed by atoms with E-state index in [1.165, 1.54) is 16.7 Å². The van der Waals surface area contributed by atoms with E-state index in [1.807, 2.05) is 6.07 Å². The third kappa shape index (κ3) is 7.12. The van der Waals surface area contributed by atoms with E-state index >= 15 is 0 Å². The first kappa shape index (κ1) is 27.2. The molecule has 0 spiro atoms. The van der Waals surface area contributed by atoms with Crippen LogP contribution in [0.3, 0.4) is 0 Å². The lowest BCUT2D eigenvalue weighted by atomic mass is 9.84. The standard InChI is InChI=1S/C27H35F3N4O3/c1-18(27(28,29)30)37-24-11-8-20-13-16-34(17-14-22(20)32-24)15-12-19-6-9-21(10-7-19)31-26(36)23-4-3-5-25(35)33(23)2/h3-5,8,11,18-19,21H,6-7,9-10,12-17H2,1-2H3,(H,31,36)/t18-,19?,21?/m1/s1. The Hall–Kier alpha value is -2.88. The molecule has 4 rings (SSSR count).